The topological polar surface area (TPSA) is 70.1 Å². The zero-order valence-electron chi connectivity index (χ0n) is 11.4. The Kier molecular flexibility index (Phi) is 4.76. The van der Waals surface area contributed by atoms with Gasteiger partial charge < -0.3 is 14.7 Å². The minimum absolute atomic E-state index is 0.0865. The van der Waals surface area contributed by atoms with Crippen molar-refractivity contribution in [3.05, 3.63) is 0 Å². The Labute approximate surface area is 113 Å². The van der Waals surface area contributed by atoms with Gasteiger partial charge in [0.25, 0.3) is 0 Å². The van der Waals surface area contributed by atoms with Crippen molar-refractivity contribution in [2.45, 2.75) is 38.3 Å². The van der Waals surface area contributed by atoms with E-state index in [0.29, 0.717) is 32.6 Å². The molecule has 0 aromatic carbocycles. The lowest BCUT2D eigenvalue weighted by atomic mass is 10.1. The average molecular weight is 270 g/mol. The van der Waals surface area contributed by atoms with Crippen LogP contribution in [-0.4, -0.2) is 71.7 Å². The third-order valence-electron chi connectivity index (χ3n) is 4.00. The summed E-state index contributed by atoms with van der Waals surface area (Å²) < 4.78 is 5.47. The van der Waals surface area contributed by atoms with Gasteiger partial charge in [-0.25, -0.2) is 0 Å². The summed E-state index contributed by atoms with van der Waals surface area (Å²) in [4.78, 5) is 26.7. The number of carbonyl (C=O) groups is 2. The van der Waals surface area contributed by atoms with E-state index in [1.165, 1.54) is 0 Å². The number of aliphatic carboxylic acids is 1. The van der Waals surface area contributed by atoms with Gasteiger partial charge >= 0.3 is 5.97 Å². The highest BCUT2D eigenvalue weighted by Gasteiger charge is 2.28. The van der Waals surface area contributed by atoms with Crippen molar-refractivity contribution in [1.29, 1.82) is 0 Å². The number of carbonyl (C=O) groups excluding carboxylic acids is 1. The van der Waals surface area contributed by atoms with E-state index >= 15 is 0 Å². The molecule has 2 fully saturated rings. The monoisotopic (exact) mass is 270 g/mol. The minimum Gasteiger partial charge on any atom is -0.480 e. The molecule has 2 aliphatic heterocycles. The summed E-state index contributed by atoms with van der Waals surface area (Å²) in [5.41, 5.74) is 0. The smallest absolute Gasteiger partial charge is 0.320 e. The number of ether oxygens (including phenoxy) is 1. The van der Waals surface area contributed by atoms with Crippen molar-refractivity contribution in [2.75, 3.05) is 32.8 Å². The first kappa shape index (κ1) is 14.3. The molecule has 2 unspecified atom stereocenters. The zero-order chi connectivity index (χ0) is 13.8. The lowest BCUT2D eigenvalue weighted by Crippen LogP contribution is -2.53. The van der Waals surface area contributed by atoms with E-state index in [0.717, 1.165) is 19.4 Å². The van der Waals surface area contributed by atoms with Crippen molar-refractivity contribution in [3.63, 3.8) is 0 Å². The maximum atomic E-state index is 12.1. The molecule has 2 heterocycles. The Morgan fingerprint density at radius 3 is 2.53 bits per heavy atom. The van der Waals surface area contributed by atoms with E-state index in [4.69, 9.17) is 9.84 Å². The number of hydrogen-bond donors (Lipinski definition) is 1. The van der Waals surface area contributed by atoms with Crippen LogP contribution in [0.25, 0.3) is 0 Å². The van der Waals surface area contributed by atoms with Crippen molar-refractivity contribution in [2.24, 2.45) is 0 Å². The third-order valence-corrected chi connectivity index (χ3v) is 4.00. The van der Waals surface area contributed by atoms with Gasteiger partial charge in [0.1, 0.15) is 6.04 Å². The molecular formula is C13H22N2O4. The summed E-state index contributed by atoms with van der Waals surface area (Å²) in [5, 5.41) is 8.96. The fourth-order valence-electron chi connectivity index (χ4n) is 2.64. The molecule has 2 saturated heterocycles. The number of carboxylic acids is 1. The van der Waals surface area contributed by atoms with Gasteiger partial charge in [-0.05, 0) is 19.8 Å². The molecule has 19 heavy (non-hydrogen) atoms. The highest BCUT2D eigenvalue weighted by molar-refractivity contribution is 5.77. The molecule has 0 aliphatic carbocycles. The Morgan fingerprint density at radius 2 is 2.00 bits per heavy atom. The Balaban J connectivity index is 1.76. The van der Waals surface area contributed by atoms with Gasteiger partial charge in [-0.3, -0.25) is 14.5 Å². The summed E-state index contributed by atoms with van der Waals surface area (Å²) in [5.74, 6) is -0.673. The molecule has 0 bridgehead atoms. The second-order valence-corrected chi connectivity index (χ2v) is 5.27. The first-order valence-electron chi connectivity index (χ1n) is 6.94. The zero-order valence-corrected chi connectivity index (χ0v) is 11.4. The van der Waals surface area contributed by atoms with Crippen LogP contribution in [0.2, 0.25) is 0 Å². The molecule has 0 saturated carbocycles. The molecule has 0 spiro atoms. The average Bonchev–Trinajstić information content (AvgIpc) is 2.90. The SMILES string of the molecule is CC(C(=O)O)N1CCN(C(=O)CC2CCCO2)CC1. The highest BCUT2D eigenvalue weighted by Crippen LogP contribution is 2.17. The molecular weight excluding hydrogens is 248 g/mol. The maximum absolute atomic E-state index is 12.1. The summed E-state index contributed by atoms with van der Waals surface area (Å²) in [6.07, 6.45) is 2.57. The molecule has 1 N–H and O–H groups in total. The van der Waals surface area contributed by atoms with Gasteiger partial charge in [0.15, 0.2) is 0 Å². The van der Waals surface area contributed by atoms with Gasteiger partial charge in [0.2, 0.25) is 5.91 Å². The maximum Gasteiger partial charge on any atom is 0.320 e. The normalized spacial score (nSPS) is 26.4. The minimum atomic E-state index is -0.806. The quantitative estimate of drug-likeness (QED) is 0.788. The van der Waals surface area contributed by atoms with Crippen molar-refractivity contribution < 1.29 is 19.4 Å². The van der Waals surface area contributed by atoms with Crippen LogP contribution in [0.1, 0.15) is 26.2 Å². The Bertz CT molecular complexity index is 334. The van der Waals surface area contributed by atoms with E-state index in [1.54, 1.807) is 6.92 Å². The van der Waals surface area contributed by atoms with E-state index in [9.17, 15) is 9.59 Å². The van der Waals surface area contributed by atoms with Crippen LogP contribution < -0.4 is 0 Å². The molecule has 0 aromatic heterocycles. The number of rotatable bonds is 4. The number of nitrogens with zero attached hydrogens (tertiary/aromatic N) is 2. The summed E-state index contributed by atoms with van der Waals surface area (Å²) in [6.45, 7) is 4.94. The third kappa shape index (κ3) is 3.67. The van der Waals surface area contributed by atoms with Crippen LogP contribution >= 0.6 is 0 Å². The Morgan fingerprint density at radius 1 is 1.32 bits per heavy atom. The van der Waals surface area contributed by atoms with Gasteiger partial charge in [-0.1, -0.05) is 0 Å². The predicted octanol–water partition coefficient (Wildman–Crippen LogP) is 0.173. The van der Waals surface area contributed by atoms with E-state index < -0.39 is 12.0 Å². The van der Waals surface area contributed by atoms with Crippen LogP contribution in [-0.2, 0) is 14.3 Å². The number of piperazine rings is 1. The lowest BCUT2D eigenvalue weighted by Gasteiger charge is -2.36. The molecule has 0 radical (unpaired) electrons. The fraction of sp³-hybridized carbons (Fsp3) is 0.846. The predicted molar refractivity (Wildman–Crippen MR) is 68.8 cm³/mol. The molecule has 0 aromatic rings. The summed E-state index contributed by atoms with van der Waals surface area (Å²) in [7, 11) is 0. The van der Waals surface area contributed by atoms with E-state index in [1.807, 2.05) is 9.80 Å². The molecule has 2 aliphatic rings. The van der Waals surface area contributed by atoms with Crippen LogP contribution in [0, 0.1) is 0 Å². The van der Waals surface area contributed by atoms with Crippen molar-refractivity contribution in [1.82, 2.24) is 9.80 Å². The second kappa shape index (κ2) is 6.34. The van der Waals surface area contributed by atoms with Crippen molar-refractivity contribution in [3.8, 4) is 0 Å². The summed E-state index contributed by atoms with van der Waals surface area (Å²) >= 11 is 0. The number of hydrogen-bond acceptors (Lipinski definition) is 4. The number of carboxylic acid groups (broad SMARTS) is 1. The van der Waals surface area contributed by atoms with E-state index in [-0.39, 0.29) is 12.0 Å². The standard InChI is InChI=1S/C13H22N2O4/c1-10(13(17)18)14-4-6-15(7-5-14)12(16)9-11-3-2-8-19-11/h10-11H,2-9H2,1H3,(H,17,18). The highest BCUT2D eigenvalue weighted by atomic mass is 16.5. The van der Waals surface area contributed by atoms with Gasteiger partial charge in [0, 0.05) is 32.8 Å². The largest absolute Gasteiger partial charge is 0.480 e. The molecule has 6 nitrogen and oxygen atoms in total. The molecule has 6 heteroatoms. The number of amides is 1. The van der Waals surface area contributed by atoms with Crippen LogP contribution in [0.4, 0.5) is 0 Å². The first-order valence-corrected chi connectivity index (χ1v) is 6.94. The second-order valence-electron chi connectivity index (χ2n) is 5.27. The summed E-state index contributed by atoms with van der Waals surface area (Å²) in [6, 6.07) is -0.476. The lowest BCUT2D eigenvalue weighted by molar-refractivity contribution is -0.144. The molecule has 108 valence electrons. The van der Waals surface area contributed by atoms with Gasteiger partial charge in [-0.15, -0.1) is 0 Å². The first-order chi connectivity index (χ1) is 9.08. The van der Waals surface area contributed by atoms with Gasteiger partial charge in [0.05, 0.1) is 12.5 Å². The molecule has 2 rings (SSSR count). The van der Waals surface area contributed by atoms with Crippen molar-refractivity contribution >= 4 is 11.9 Å². The van der Waals surface area contributed by atoms with E-state index in [2.05, 4.69) is 0 Å². The van der Waals surface area contributed by atoms with Gasteiger partial charge in [-0.2, -0.15) is 0 Å². The Hall–Kier alpha value is -1.14. The fourth-order valence-corrected chi connectivity index (χ4v) is 2.64. The van der Waals surface area contributed by atoms with Crippen LogP contribution in [0.5, 0.6) is 0 Å². The van der Waals surface area contributed by atoms with Crippen LogP contribution in [0.15, 0.2) is 0 Å². The molecule has 1 amide bonds. The van der Waals surface area contributed by atoms with Crippen LogP contribution in [0.3, 0.4) is 0 Å². The molecule has 2 atom stereocenters.